The molecule has 1 aromatic carbocycles. The lowest BCUT2D eigenvalue weighted by Gasteiger charge is -2.30. The van der Waals surface area contributed by atoms with E-state index in [0.717, 1.165) is 19.5 Å². The van der Waals surface area contributed by atoms with Gasteiger partial charge in [0.05, 0.1) is 22.5 Å². The number of amides is 1. The molecule has 2 unspecified atom stereocenters. The lowest BCUT2D eigenvalue weighted by Crippen LogP contribution is -2.48. The molecule has 0 aliphatic carbocycles. The smallest absolute Gasteiger partial charge is 0.254 e. The molecule has 2 aromatic rings. The average Bonchev–Trinajstić information content (AvgIpc) is 2.99. The van der Waals surface area contributed by atoms with Crippen molar-refractivity contribution in [1.82, 2.24) is 20.4 Å². The summed E-state index contributed by atoms with van der Waals surface area (Å²) in [5.41, 5.74) is 1.20. The Labute approximate surface area is 145 Å². The van der Waals surface area contributed by atoms with Gasteiger partial charge in [0, 0.05) is 17.3 Å². The number of nitrogens with zero attached hydrogens (tertiary/aromatic N) is 2. The topological polar surface area (TPSA) is 58.9 Å². The van der Waals surface area contributed by atoms with Gasteiger partial charge in [-0.05, 0) is 43.6 Å². The van der Waals surface area contributed by atoms with E-state index in [1.807, 2.05) is 0 Å². The Bertz CT molecular complexity index is 716. The molecule has 5 nitrogen and oxygen atoms in total. The van der Waals surface area contributed by atoms with Gasteiger partial charge in [0.1, 0.15) is 0 Å². The average molecular weight is 353 g/mol. The Morgan fingerprint density at radius 3 is 3.00 bits per heavy atom. The van der Waals surface area contributed by atoms with E-state index in [0.29, 0.717) is 27.2 Å². The van der Waals surface area contributed by atoms with Crippen LogP contribution in [0.4, 0.5) is 0 Å². The molecular formula is C16H18Cl2N4O. The van der Waals surface area contributed by atoms with Crippen LogP contribution in [0.2, 0.25) is 10.0 Å². The fourth-order valence-corrected chi connectivity index (χ4v) is 3.21. The Morgan fingerprint density at radius 2 is 2.26 bits per heavy atom. The predicted molar refractivity (Wildman–Crippen MR) is 91.5 cm³/mol. The zero-order valence-corrected chi connectivity index (χ0v) is 14.2. The molecule has 1 amide bonds. The number of carbonyl (C=O) groups excluding carboxylic acids is 1. The summed E-state index contributed by atoms with van der Waals surface area (Å²) in [7, 11) is 0. The van der Waals surface area contributed by atoms with Crippen LogP contribution >= 0.6 is 23.2 Å². The minimum atomic E-state index is -0.111. The van der Waals surface area contributed by atoms with E-state index in [-0.39, 0.29) is 11.9 Å². The highest BCUT2D eigenvalue weighted by atomic mass is 35.5. The van der Waals surface area contributed by atoms with Crippen LogP contribution in [0.15, 0.2) is 30.6 Å². The molecule has 1 aliphatic rings. The quantitative estimate of drug-likeness (QED) is 0.892. The molecule has 3 rings (SSSR count). The minimum absolute atomic E-state index is 0.111. The van der Waals surface area contributed by atoms with Crippen LogP contribution in [0.5, 0.6) is 0 Å². The fourth-order valence-electron chi connectivity index (χ4n) is 2.72. The van der Waals surface area contributed by atoms with Crippen molar-refractivity contribution in [3.8, 4) is 5.69 Å². The number of halogens is 2. The van der Waals surface area contributed by atoms with Crippen molar-refractivity contribution in [2.75, 3.05) is 13.1 Å². The number of piperidine rings is 1. The standard InChI is InChI=1S/C16H18Cl2N4O/c1-10-7-19-5-4-14(10)21-16(23)11-8-20-22(9-11)15-3-2-12(17)6-13(15)18/h2-3,6,8-10,14,19H,4-5,7H2,1H3,(H,21,23). The Balaban J connectivity index is 1.74. The molecule has 1 saturated heterocycles. The van der Waals surface area contributed by atoms with Gasteiger partial charge in [0.25, 0.3) is 5.91 Å². The lowest BCUT2D eigenvalue weighted by atomic mass is 9.95. The molecule has 23 heavy (non-hydrogen) atoms. The van der Waals surface area contributed by atoms with Crippen molar-refractivity contribution in [3.63, 3.8) is 0 Å². The molecule has 1 fully saturated rings. The summed E-state index contributed by atoms with van der Waals surface area (Å²) in [6, 6.07) is 5.34. The predicted octanol–water partition coefficient (Wildman–Crippen LogP) is 2.91. The molecule has 1 aromatic heterocycles. The number of benzene rings is 1. The van der Waals surface area contributed by atoms with Gasteiger partial charge in [0.2, 0.25) is 0 Å². The molecule has 2 heterocycles. The first-order chi connectivity index (χ1) is 11.0. The molecule has 122 valence electrons. The van der Waals surface area contributed by atoms with Gasteiger partial charge in [0.15, 0.2) is 0 Å². The molecule has 0 saturated carbocycles. The number of aromatic nitrogens is 2. The first-order valence-electron chi connectivity index (χ1n) is 7.56. The van der Waals surface area contributed by atoms with E-state index in [9.17, 15) is 4.79 Å². The number of hydrogen-bond donors (Lipinski definition) is 2. The third-order valence-corrected chi connectivity index (χ3v) is 4.64. The van der Waals surface area contributed by atoms with Gasteiger partial charge in [-0.2, -0.15) is 5.10 Å². The molecule has 0 radical (unpaired) electrons. The Kier molecular flexibility index (Phi) is 4.90. The van der Waals surface area contributed by atoms with E-state index in [1.54, 1.807) is 35.3 Å². The van der Waals surface area contributed by atoms with Crippen molar-refractivity contribution >= 4 is 29.1 Å². The van der Waals surface area contributed by atoms with Crippen LogP contribution < -0.4 is 10.6 Å². The van der Waals surface area contributed by atoms with Gasteiger partial charge in [-0.1, -0.05) is 30.1 Å². The highest BCUT2D eigenvalue weighted by molar-refractivity contribution is 6.35. The van der Waals surface area contributed by atoms with Gasteiger partial charge >= 0.3 is 0 Å². The zero-order valence-electron chi connectivity index (χ0n) is 12.7. The first-order valence-corrected chi connectivity index (χ1v) is 8.32. The summed E-state index contributed by atoms with van der Waals surface area (Å²) in [6.07, 6.45) is 4.16. The highest BCUT2D eigenvalue weighted by Crippen LogP contribution is 2.24. The third kappa shape index (κ3) is 3.68. The second kappa shape index (κ2) is 6.91. The van der Waals surface area contributed by atoms with Crippen LogP contribution in [-0.4, -0.2) is 34.8 Å². The van der Waals surface area contributed by atoms with Crippen LogP contribution in [-0.2, 0) is 0 Å². The second-order valence-electron chi connectivity index (χ2n) is 5.82. The lowest BCUT2D eigenvalue weighted by molar-refractivity contribution is 0.0914. The minimum Gasteiger partial charge on any atom is -0.349 e. The van der Waals surface area contributed by atoms with E-state index in [2.05, 4.69) is 22.7 Å². The molecule has 2 atom stereocenters. The normalized spacial score (nSPS) is 21.2. The highest BCUT2D eigenvalue weighted by Gasteiger charge is 2.23. The van der Waals surface area contributed by atoms with Crippen molar-refractivity contribution in [1.29, 1.82) is 0 Å². The van der Waals surface area contributed by atoms with Gasteiger partial charge in [-0.25, -0.2) is 4.68 Å². The molecular weight excluding hydrogens is 335 g/mol. The summed E-state index contributed by atoms with van der Waals surface area (Å²) in [6.45, 7) is 3.98. The maximum absolute atomic E-state index is 12.4. The number of rotatable bonds is 3. The number of nitrogens with one attached hydrogen (secondary N) is 2. The van der Waals surface area contributed by atoms with Crippen LogP contribution in [0.3, 0.4) is 0 Å². The van der Waals surface area contributed by atoms with Crippen LogP contribution in [0.25, 0.3) is 5.69 Å². The maximum Gasteiger partial charge on any atom is 0.254 e. The first kappa shape index (κ1) is 16.3. The monoisotopic (exact) mass is 352 g/mol. The van der Waals surface area contributed by atoms with Gasteiger partial charge in [-0.15, -0.1) is 0 Å². The van der Waals surface area contributed by atoms with E-state index in [1.165, 1.54) is 0 Å². The number of carbonyl (C=O) groups is 1. The Hall–Kier alpha value is -1.56. The summed E-state index contributed by atoms with van der Waals surface area (Å²) < 4.78 is 1.58. The van der Waals surface area contributed by atoms with Crippen molar-refractivity contribution in [2.24, 2.45) is 5.92 Å². The van der Waals surface area contributed by atoms with Crippen molar-refractivity contribution in [3.05, 3.63) is 46.2 Å². The van der Waals surface area contributed by atoms with Gasteiger partial charge in [-0.3, -0.25) is 4.79 Å². The molecule has 1 aliphatic heterocycles. The van der Waals surface area contributed by atoms with Crippen molar-refractivity contribution in [2.45, 2.75) is 19.4 Å². The third-order valence-electron chi connectivity index (χ3n) is 4.10. The summed E-state index contributed by atoms with van der Waals surface area (Å²) in [5.74, 6) is 0.300. The molecule has 2 N–H and O–H groups in total. The van der Waals surface area contributed by atoms with Crippen molar-refractivity contribution < 1.29 is 4.79 Å². The second-order valence-corrected chi connectivity index (χ2v) is 6.66. The Morgan fingerprint density at radius 1 is 1.43 bits per heavy atom. The van der Waals surface area contributed by atoms with Crippen LogP contribution in [0, 0.1) is 5.92 Å². The maximum atomic E-state index is 12.4. The summed E-state index contributed by atoms with van der Waals surface area (Å²) in [4.78, 5) is 12.4. The fraction of sp³-hybridized carbons (Fsp3) is 0.375. The van der Waals surface area contributed by atoms with Gasteiger partial charge < -0.3 is 10.6 Å². The van der Waals surface area contributed by atoms with E-state index < -0.39 is 0 Å². The van der Waals surface area contributed by atoms with E-state index in [4.69, 9.17) is 23.2 Å². The SMILES string of the molecule is CC1CNCCC1NC(=O)c1cnn(-c2ccc(Cl)cc2Cl)c1. The van der Waals surface area contributed by atoms with Crippen LogP contribution in [0.1, 0.15) is 23.7 Å². The zero-order chi connectivity index (χ0) is 16.4. The summed E-state index contributed by atoms with van der Waals surface area (Å²) in [5, 5.41) is 11.7. The molecule has 0 spiro atoms. The molecule has 7 heteroatoms. The summed E-state index contributed by atoms with van der Waals surface area (Å²) >= 11 is 12.1. The number of hydrogen-bond acceptors (Lipinski definition) is 3. The van der Waals surface area contributed by atoms with E-state index >= 15 is 0 Å². The largest absolute Gasteiger partial charge is 0.349 e. The molecule has 0 bridgehead atoms.